The van der Waals surface area contributed by atoms with E-state index in [1.807, 2.05) is 0 Å². The molecule has 2 nitrogen and oxygen atoms in total. The normalized spacial score (nSPS) is 22.2. The first kappa shape index (κ1) is 16.5. The van der Waals surface area contributed by atoms with Crippen molar-refractivity contribution in [1.82, 2.24) is 10.2 Å². The monoisotopic (exact) mass is 288 g/mol. The number of likely N-dealkylation sites (N-methyl/N-ethyl adjacent to an activating group) is 1. The second kappa shape index (κ2) is 7.95. The summed E-state index contributed by atoms with van der Waals surface area (Å²) < 4.78 is 0. The van der Waals surface area contributed by atoms with Crippen molar-refractivity contribution in [2.75, 3.05) is 20.1 Å². The average Bonchev–Trinajstić information content (AvgIpc) is 2.69. The molecule has 1 aliphatic heterocycles. The van der Waals surface area contributed by atoms with Gasteiger partial charge in [0, 0.05) is 18.6 Å². The zero-order chi connectivity index (χ0) is 15.2. The first-order valence-electron chi connectivity index (χ1n) is 8.63. The molecule has 1 N–H and O–H groups in total. The summed E-state index contributed by atoms with van der Waals surface area (Å²) in [4.78, 5) is 2.67. The van der Waals surface area contributed by atoms with Gasteiger partial charge < -0.3 is 5.32 Å². The molecule has 0 saturated carbocycles. The molecule has 21 heavy (non-hydrogen) atoms. The molecule has 0 aliphatic carbocycles. The molecule has 0 amide bonds. The molecule has 2 unspecified atom stereocenters. The summed E-state index contributed by atoms with van der Waals surface area (Å²) in [5.74, 6) is 0.609. The van der Waals surface area contributed by atoms with Gasteiger partial charge in [-0.25, -0.2) is 0 Å². The molecule has 118 valence electrons. The Morgan fingerprint density at radius 3 is 2.38 bits per heavy atom. The molecule has 0 radical (unpaired) electrons. The zero-order valence-corrected chi connectivity index (χ0v) is 14.2. The molecule has 1 saturated heterocycles. The summed E-state index contributed by atoms with van der Waals surface area (Å²) in [6.45, 7) is 9.27. The lowest BCUT2D eigenvalue weighted by atomic mass is 9.98. The summed E-state index contributed by atoms with van der Waals surface area (Å²) >= 11 is 0. The molecule has 1 heterocycles. The Labute approximate surface area is 130 Å². The van der Waals surface area contributed by atoms with Gasteiger partial charge in [0.1, 0.15) is 0 Å². The van der Waals surface area contributed by atoms with Crippen LogP contribution < -0.4 is 5.32 Å². The maximum Gasteiger partial charge on any atom is 0.0446 e. The molecule has 2 heteroatoms. The van der Waals surface area contributed by atoms with Crippen molar-refractivity contribution >= 4 is 0 Å². The largest absolute Gasteiger partial charge is 0.312 e. The van der Waals surface area contributed by atoms with E-state index in [1.54, 1.807) is 0 Å². The summed E-state index contributed by atoms with van der Waals surface area (Å²) in [6, 6.07) is 10.3. The van der Waals surface area contributed by atoms with E-state index in [0.29, 0.717) is 12.0 Å². The Bertz CT molecular complexity index is 410. The van der Waals surface area contributed by atoms with Gasteiger partial charge in [0.05, 0.1) is 0 Å². The first-order valence-corrected chi connectivity index (χ1v) is 8.63. The van der Waals surface area contributed by atoms with E-state index in [2.05, 4.69) is 62.3 Å². The van der Waals surface area contributed by atoms with Gasteiger partial charge in [-0.1, -0.05) is 51.0 Å². The summed E-state index contributed by atoms with van der Waals surface area (Å²) in [7, 11) is 2.09. The Hall–Kier alpha value is -0.860. The van der Waals surface area contributed by atoms with Crippen LogP contribution in [-0.2, 0) is 0 Å². The van der Waals surface area contributed by atoms with Gasteiger partial charge in [-0.3, -0.25) is 4.90 Å². The van der Waals surface area contributed by atoms with E-state index in [-0.39, 0.29) is 0 Å². The fraction of sp³-hybridized carbons (Fsp3) is 0.684. The molecule has 0 bridgehead atoms. The van der Waals surface area contributed by atoms with Crippen molar-refractivity contribution in [3.8, 4) is 0 Å². The minimum absolute atomic E-state index is 0.437. The van der Waals surface area contributed by atoms with Crippen LogP contribution in [0.15, 0.2) is 24.3 Å². The molecule has 1 aromatic rings. The molecular formula is C19H32N2. The smallest absolute Gasteiger partial charge is 0.0446 e. The number of likely N-dealkylation sites (tertiary alicyclic amines) is 1. The second-order valence-electron chi connectivity index (χ2n) is 6.86. The number of benzene rings is 1. The van der Waals surface area contributed by atoms with Crippen molar-refractivity contribution in [3.05, 3.63) is 35.4 Å². The van der Waals surface area contributed by atoms with Crippen molar-refractivity contribution < 1.29 is 0 Å². The molecule has 1 aliphatic rings. The standard InChI is InChI=1S/C19H32N2/c1-15(2)17-9-11-18(12-10-17)19(20-4)14-21-13-7-5-6-8-16(21)3/h9-12,15-16,19-20H,5-8,13-14H2,1-4H3. The highest BCUT2D eigenvalue weighted by molar-refractivity contribution is 5.27. The fourth-order valence-electron chi connectivity index (χ4n) is 3.32. The van der Waals surface area contributed by atoms with Gasteiger partial charge in [0.15, 0.2) is 0 Å². The first-order chi connectivity index (χ1) is 10.1. The Kier molecular flexibility index (Phi) is 6.25. The molecule has 0 spiro atoms. The fourth-order valence-corrected chi connectivity index (χ4v) is 3.32. The van der Waals surface area contributed by atoms with E-state index >= 15 is 0 Å². The molecule has 1 aromatic carbocycles. The highest BCUT2D eigenvalue weighted by Crippen LogP contribution is 2.22. The number of nitrogens with zero attached hydrogens (tertiary/aromatic N) is 1. The second-order valence-corrected chi connectivity index (χ2v) is 6.86. The lowest BCUT2D eigenvalue weighted by Crippen LogP contribution is -2.39. The lowest BCUT2D eigenvalue weighted by molar-refractivity contribution is 0.193. The maximum absolute atomic E-state index is 3.51. The minimum Gasteiger partial charge on any atom is -0.312 e. The van der Waals surface area contributed by atoms with Crippen molar-refractivity contribution in [1.29, 1.82) is 0 Å². The van der Waals surface area contributed by atoms with Gasteiger partial charge in [0.25, 0.3) is 0 Å². The summed E-state index contributed by atoms with van der Waals surface area (Å²) in [5, 5.41) is 3.51. The minimum atomic E-state index is 0.437. The van der Waals surface area contributed by atoms with Gasteiger partial charge in [-0.2, -0.15) is 0 Å². The van der Waals surface area contributed by atoms with E-state index in [9.17, 15) is 0 Å². The van der Waals surface area contributed by atoms with Gasteiger partial charge in [-0.05, 0) is 50.4 Å². The van der Waals surface area contributed by atoms with Gasteiger partial charge in [0.2, 0.25) is 0 Å². The van der Waals surface area contributed by atoms with Gasteiger partial charge in [-0.15, -0.1) is 0 Å². The van der Waals surface area contributed by atoms with Crippen LogP contribution in [0.25, 0.3) is 0 Å². The maximum atomic E-state index is 3.51. The van der Waals surface area contributed by atoms with Crippen LogP contribution >= 0.6 is 0 Å². The third kappa shape index (κ3) is 4.55. The van der Waals surface area contributed by atoms with Crippen LogP contribution in [0.4, 0.5) is 0 Å². The van der Waals surface area contributed by atoms with Crippen molar-refractivity contribution in [2.45, 2.75) is 64.5 Å². The Morgan fingerprint density at radius 2 is 1.76 bits per heavy atom. The van der Waals surface area contributed by atoms with Crippen molar-refractivity contribution in [3.63, 3.8) is 0 Å². The average molecular weight is 288 g/mol. The number of hydrogen-bond donors (Lipinski definition) is 1. The van der Waals surface area contributed by atoms with Crippen LogP contribution in [0.1, 0.15) is 69.5 Å². The highest BCUT2D eigenvalue weighted by Gasteiger charge is 2.20. The van der Waals surface area contributed by atoms with E-state index in [4.69, 9.17) is 0 Å². The third-order valence-corrected chi connectivity index (χ3v) is 4.96. The molecule has 1 fully saturated rings. The molecule has 0 aromatic heterocycles. The van der Waals surface area contributed by atoms with E-state index < -0.39 is 0 Å². The third-order valence-electron chi connectivity index (χ3n) is 4.96. The van der Waals surface area contributed by atoms with E-state index in [0.717, 1.165) is 12.6 Å². The predicted octanol–water partition coefficient (Wildman–Crippen LogP) is 4.34. The predicted molar refractivity (Wildman–Crippen MR) is 91.8 cm³/mol. The van der Waals surface area contributed by atoms with Crippen LogP contribution in [0, 0.1) is 0 Å². The Morgan fingerprint density at radius 1 is 1.10 bits per heavy atom. The summed E-state index contributed by atoms with van der Waals surface area (Å²) in [5.41, 5.74) is 2.84. The SMILES string of the molecule is CNC(CN1CCCCCC1C)c1ccc(C(C)C)cc1. The number of nitrogens with one attached hydrogen (secondary N) is 1. The van der Waals surface area contributed by atoms with E-state index in [1.165, 1.54) is 43.4 Å². The van der Waals surface area contributed by atoms with Crippen LogP contribution in [0.2, 0.25) is 0 Å². The topological polar surface area (TPSA) is 15.3 Å². The highest BCUT2D eigenvalue weighted by atomic mass is 15.2. The van der Waals surface area contributed by atoms with Crippen LogP contribution in [0.5, 0.6) is 0 Å². The molecule has 2 rings (SSSR count). The van der Waals surface area contributed by atoms with Crippen LogP contribution in [0.3, 0.4) is 0 Å². The quantitative estimate of drug-likeness (QED) is 0.867. The molecular weight excluding hydrogens is 256 g/mol. The Balaban J connectivity index is 2.04. The lowest BCUT2D eigenvalue weighted by Gasteiger charge is -2.31. The zero-order valence-electron chi connectivity index (χ0n) is 14.2. The number of rotatable bonds is 5. The molecule has 2 atom stereocenters. The van der Waals surface area contributed by atoms with Crippen molar-refractivity contribution in [2.24, 2.45) is 0 Å². The summed E-state index contributed by atoms with van der Waals surface area (Å²) in [6.07, 6.45) is 5.49. The van der Waals surface area contributed by atoms with Gasteiger partial charge >= 0.3 is 0 Å². The number of hydrogen-bond acceptors (Lipinski definition) is 2. The van der Waals surface area contributed by atoms with Crippen LogP contribution in [-0.4, -0.2) is 31.1 Å².